The quantitative estimate of drug-likeness (QED) is 0.686. The standard InChI is InChI=1S/C15H10BrFN2O/c1-9-2-3-11(7-12(9)17)20-14-4-5-18-13-6-10(16)8-19-15(13)14/h2-8H,1H3. The number of halogens is 2. The second-order valence-electron chi connectivity index (χ2n) is 4.34. The second-order valence-corrected chi connectivity index (χ2v) is 5.26. The first-order valence-electron chi connectivity index (χ1n) is 5.98. The molecule has 0 spiro atoms. The van der Waals surface area contributed by atoms with Crippen LogP contribution in [0.5, 0.6) is 11.5 Å². The Labute approximate surface area is 123 Å². The van der Waals surface area contributed by atoms with Crippen LogP contribution in [0.25, 0.3) is 11.0 Å². The highest BCUT2D eigenvalue weighted by molar-refractivity contribution is 9.10. The summed E-state index contributed by atoms with van der Waals surface area (Å²) in [6.45, 7) is 1.71. The Bertz CT molecular complexity index is 792. The van der Waals surface area contributed by atoms with Crippen LogP contribution in [0.3, 0.4) is 0 Å². The third kappa shape index (κ3) is 2.49. The van der Waals surface area contributed by atoms with Gasteiger partial charge in [-0.3, -0.25) is 4.98 Å². The average molecular weight is 333 g/mol. The maximum absolute atomic E-state index is 13.5. The molecular weight excluding hydrogens is 323 g/mol. The van der Waals surface area contributed by atoms with Gasteiger partial charge in [0.25, 0.3) is 0 Å². The van der Waals surface area contributed by atoms with E-state index in [1.807, 2.05) is 6.07 Å². The lowest BCUT2D eigenvalue weighted by Crippen LogP contribution is -1.91. The average Bonchev–Trinajstić information content (AvgIpc) is 2.43. The van der Waals surface area contributed by atoms with Gasteiger partial charge < -0.3 is 4.74 Å². The van der Waals surface area contributed by atoms with Gasteiger partial charge in [0, 0.05) is 29.0 Å². The summed E-state index contributed by atoms with van der Waals surface area (Å²) in [6.07, 6.45) is 3.31. The lowest BCUT2D eigenvalue weighted by atomic mass is 10.2. The van der Waals surface area contributed by atoms with Gasteiger partial charge in [0.2, 0.25) is 0 Å². The summed E-state index contributed by atoms with van der Waals surface area (Å²) >= 11 is 3.35. The van der Waals surface area contributed by atoms with E-state index in [2.05, 4.69) is 25.9 Å². The van der Waals surface area contributed by atoms with Crippen molar-refractivity contribution in [2.24, 2.45) is 0 Å². The fourth-order valence-corrected chi connectivity index (χ4v) is 2.15. The topological polar surface area (TPSA) is 35.0 Å². The van der Waals surface area contributed by atoms with Crippen molar-refractivity contribution in [3.05, 3.63) is 58.6 Å². The number of rotatable bonds is 2. The van der Waals surface area contributed by atoms with E-state index < -0.39 is 0 Å². The molecule has 0 N–H and O–H groups in total. The van der Waals surface area contributed by atoms with Crippen molar-refractivity contribution in [3.8, 4) is 11.5 Å². The first kappa shape index (κ1) is 13.0. The van der Waals surface area contributed by atoms with Crippen LogP contribution in [-0.4, -0.2) is 9.97 Å². The fourth-order valence-electron chi connectivity index (χ4n) is 1.83. The van der Waals surface area contributed by atoms with Crippen LogP contribution in [0.4, 0.5) is 4.39 Å². The highest BCUT2D eigenvalue weighted by Crippen LogP contribution is 2.29. The molecule has 0 amide bonds. The van der Waals surface area contributed by atoms with Crippen molar-refractivity contribution >= 4 is 27.0 Å². The van der Waals surface area contributed by atoms with E-state index in [-0.39, 0.29) is 5.82 Å². The molecule has 0 aliphatic rings. The first-order valence-corrected chi connectivity index (χ1v) is 6.77. The number of aromatic nitrogens is 2. The van der Waals surface area contributed by atoms with Gasteiger partial charge in [-0.15, -0.1) is 0 Å². The van der Waals surface area contributed by atoms with E-state index in [0.29, 0.717) is 28.1 Å². The normalized spacial score (nSPS) is 10.8. The van der Waals surface area contributed by atoms with Crippen molar-refractivity contribution < 1.29 is 9.13 Å². The molecule has 0 bridgehead atoms. The summed E-state index contributed by atoms with van der Waals surface area (Å²) in [5.74, 6) is 0.688. The number of aryl methyl sites for hydroxylation is 1. The predicted octanol–water partition coefficient (Wildman–Crippen LogP) is 4.63. The Morgan fingerprint density at radius 2 is 2.00 bits per heavy atom. The zero-order valence-electron chi connectivity index (χ0n) is 10.6. The predicted molar refractivity (Wildman–Crippen MR) is 78.4 cm³/mol. The molecule has 3 nitrogen and oxygen atoms in total. The van der Waals surface area contributed by atoms with Crippen LogP contribution in [0.15, 0.2) is 47.2 Å². The maximum atomic E-state index is 13.5. The number of hydrogen-bond acceptors (Lipinski definition) is 3. The van der Waals surface area contributed by atoms with E-state index in [1.54, 1.807) is 37.5 Å². The lowest BCUT2D eigenvalue weighted by Gasteiger charge is -2.08. The lowest BCUT2D eigenvalue weighted by molar-refractivity contribution is 0.480. The minimum Gasteiger partial charge on any atom is -0.455 e. The number of pyridine rings is 2. The van der Waals surface area contributed by atoms with Crippen molar-refractivity contribution in [3.63, 3.8) is 0 Å². The summed E-state index contributed by atoms with van der Waals surface area (Å²) in [7, 11) is 0. The van der Waals surface area contributed by atoms with Crippen LogP contribution >= 0.6 is 15.9 Å². The van der Waals surface area contributed by atoms with Gasteiger partial charge in [-0.1, -0.05) is 6.07 Å². The second kappa shape index (κ2) is 5.17. The number of benzene rings is 1. The molecule has 0 aliphatic carbocycles. The number of nitrogens with zero attached hydrogens (tertiary/aromatic N) is 2. The van der Waals surface area contributed by atoms with Gasteiger partial charge in [0.05, 0.1) is 5.52 Å². The van der Waals surface area contributed by atoms with Crippen LogP contribution in [0, 0.1) is 12.7 Å². The van der Waals surface area contributed by atoms with Crippen molar-refractivity contribution in [2.45, 2.75) is 6.92 Å². The Morgan fingerprint density at radius 1 is 1.15 bits per heavy atom. The largest absolute Gasteiger partial charge is 0.455 e. The van der Waals surface area contributed by atoms with Gasteiger partial charge >= 0.3 is 0 Å². The third-order valence-corrected chi connectivity index (χ3v) is 3.31. The number of ether oxygens (including phenoxy) is 1. The molecular formula is C15H10BrFN2O. The van der Waals surface area contributed by atoms with Crippen LogP contribution < -0.4 is 4.74 Å². The van der Waals surface area contributed by atoms with Crippen LogP contribution in [0.1, 0.15) is 5.56 Å². The zero-order valence-corrected chi connectivity index (χ0v) is 12.2. The van der Waals surface area contributed by atoms with Gasteiger partial charge in [0.1, 0.15) is 17.1 Å². The molecule has 5 heteroatoms. The molecule has 0 fully saturated rings. The molecule has 0 radical (unpaired) electrons. The molecule has 0 saturated carbocycles. The minimum atomic E-state index is -0.295. The molecule has 20 heavy (non-hydrogen) atoms. The van der Waals surface area contributed by atoms with Gasteiger partial charge in [-0.25, -0.2) is 9.37 Å². The molecule has 1 aromatic carbocycles. The number of fused-ring (bicyclic) bond motifs is 1. The monoisotopic (exact) mass is 332 g/mol. The zero-order chi connectivity index (χ0) is 14.1. The molecule has 2 aromatic heterocycles. The minimum absolute atomic E-state index is 0.295. The van der Waals surface area contributed by atoms with Crippen molar-refractivity contribution in [2.75, 3.05) is 0 Å². The molecule has 100 valence electrons. The molecule has 0 saturated heterocycles. The maximum Gasteiger partial charge on any atom is 0.156 e. The Balaban J connectivity index is 2.04. The van der Waals surface area contributed by atoms with Crippen LogP contribution in [-0.2, 0) is 0 Å². The van der Waals surface area contributed by atoms with Gasteiger partial charge in [-0.05, 0) is 40.5 Å². The van der Waals surface area contributed by atoms with Crippen LogP contribution in [0.2, 0.25) is 0 Å². The molecule has 0 atom stereocenters. The van der Waals surface area contributed by atoms with Gasteiger partial charge in [0.15, 0.2) is 5.75 Å². The van der Waals surface area contributed by atoms with E-state index >= 15 is 0 Å². The number of hydrogen-bond donors (Lipinski definition) is 0. The Morgan fingerprint density at radius 3 is 2.80 bits per heavy atom. The fraction of sp³-hybridized carbons (Fsp3) is 0.0667. The van der Waals surface area contributed by atoms with Crippen molar-refractivity contribution in [1.29, 1.82) is 0 Å². The molecule has 0 unspecified atom stereocenters. The highest BCUT2D eigenvalue weighted by Gasteiger charge is 2.07. The van der Waals surface area contributed by atoms with E-state index in [0.717, 1.165) is 4.47 Å². The third-order valence-electron chi connectivity index (χ3n) is 2.88. The molecule has 2 heterocycles. The summed E-state index contributed by atoms with van der Waals surface area (Å²) in [6, 6.07) is 8.33. The highest BCUT2D eigenvalue weighted by atomic mass is 79.9. The smallest absolute Gasteiger partial charge is 0.156 e. The van der Waals surface area contributed by atoms with E-state index in [9.17, 15) is 4.39 Å². The summed E-state index contributed by atoms with van der Waals surface area (Å²) in [4.78, 5) is 8.52. The first-order chi connectivity index (χ1) is 9.63. The molecule has 0 aliphatic heterocycles. The summed E-state index contributed by atoms with van der Waals surface area (Å²) in [5.41, 5.74) is 1.93. The molecule has 3 aromatic rings. The SMILES string of the molecule is Cc1ccc(Oc2ccnc3cc(Br)cnc23)cc1F. The van der Waals surface area contributed by atoms with E-state index in [1.165, 1.54) is 6.07 Å². The summed E-state index contributed by atoms with van der Waals surface area (Å²) < 4.78 is 20.1. The summed E-state index contributed by atoms with van der Waals surface area (Å²) in [5, 5.41) is 0. The Kier molecular flexibility index (Phi) is 3.36. The van der Waals surface area contributed by atoms with Crippen molar-refractivity contribution in [1.82, 2.24) is 9.97 Å². The van der Waals surface area contributed by atoms with E-state index in [4.69, 9.17) is 4.74 Å². The Hall–Kier alpha value is -2.01. The molecule has 3 rings (SSSR count). The van der Waals surface area contributed by atoms with Gasteiger partial charge in [-0.2, -0.15) is 0 Å².